The molecule has 5 heteroatoms. The first kappa shape index (κ1) is 10.6. The second-order valence-corrected chi connectivity index (χ2v) is 3.70. The predicted octanol–water partition coefficient (Wildman–Crippen LogP) is -0.0547. The van der Waals surface area contributed by atoms with Crippen molar-refractivity contribution in [2.24, 2.45) is 0 Å². The van der Waals surface area contributed by atoms with E-state index in [1.165, 1.54) is 0 Å². The molecule has 2 rings (SSSR count). The molecule has 1 unspecified atom stereocenters. The standard InChI is InChI=1S/C11H12N2O3/c14-10(6-8-4-2-1-3-5-8)12-9-7-13(16)11(9)15/h1-5,9,16H,6-7H2,(H,12,14). The molecule has 16 heavy (non-hydrogen) atoms. The minimum absolute atomic E-state index is 0.166. The molecule has 0 bridgehead atoms. The van der Waals surface area contributed by atoms with E-state index in [-0.39, 0.29) is 18.9 Å². The highest BCUT2D eigenvalue weighted by Crippen LogP contribution is 2.07. The molecule has 0 radical (unpaired) electrons. The van der Waals surface area contributed by atoms with E-state index < -0.39 is 11.9 Å². The Balaban J connectivity index is 1.84. The molecule has 2 amide bonds. The number of rotatable bonds is 3. The fraction of sp³-hybridized carbons (Fsp3) is 0.273. The number of carbonyl (C=O) groups is 2. The maximum Gasteiger partial charge on any atom is 0.270 e. The fourth-order valence-electron chi connectivity index (χ4n) is 1.54. The summed E-state index contributed by atoms with van der Waals surface area (Å²) >= 11 is 0. The number of carbonyl (C=O) groups excluding carboxylic acids is 2. The van der Waals surface area contributed by atoms with Gasteiger partial charge in [0.1, 0.15) is 6.04 Å². The van der Waals surface area contributed by atoms with Crippen LogP contribution < -0.4 is 5.32 Å². The normalized spacial score (nSPS) is 19.2. The van der Waals surface area contributed by atoms with Crippen molar-refractivity contribution in [2.45, 2.75) is 12.5 Å². The van der Waals surface area contributed by atoms with Gasteiger partial charge in [-0.25, -0.2) is 5.06 Å². The van der Waals surface area contributed by atoms with Crippen molar-refractivity contribution >= 4 is 11.8 Å². The number of nitrogens with one attached hydrogen (secondary N) is 1. The summed E-state index contributed by atoms with van der Waals surface area (Å²) in [6, 6.07) is 8.71. The number of β-lactam (4-membered cyclic amide) rings is 1. The average Bonchev–Trinajstić information content (AvgIpc) is 2.29. The van der Waals surface area contributed by atoms with E-state index in [4.69, 9.17) is 5.21 Å². The van der Waals surface area contributed by atoms with Gasteiger partial charge in [-0.2, -0.15) is 0 Å². The van der Waals surface area contributed by atoms with E-state index in [9.17, 15) is 9.59 Å². The van der Waals surface area contributed by atoms with Gasteiger partial charge in [0.05, 0.1) is 13.0 Å². The van der Waals surface area contributed by atoms with Crippen LogP contribution >= 0.6 is 0 Å². The van der Waals surface area contributed by atoms with Crippen LogP contribution in [0.25, 0.3) is 0 Å². The lowest BCUT2D eigenvalue weighted by Gasteiger charge is -2.33. The van der Waals surface area contributed by atoms with Crippen LogP contribution in [0, 0.1) is 0 Å². The van der Waals surface area contributed by atoms with Crippen LogP contribution in [0.2, 0.25) is 0 Å². The maximum absolute atomic E-state index is 11.5. The van der Waals surface area contributed by atoms with E-state index in [0.29, 0.717) is 5.06 Å². The summed E-state index contributed by atoms with van der Waals surface area (Å²) in [5, 5.41) is 12.0. The molecule has 1 fully saturated rings. The topological polar surface area (TPSA) is 69.6 Å². The second-order valence-electron chi connectivity index (χ2n) is 3.70. The minimum Gasteiger partial charge on any atom is -0.342 e. The Morgan fingerprint density at radius 1 is 1.44 bits per heavy atom. The van der Waals surface area contributed by atoms with Gasteiger partial charge in [-0.05, 0) is 5.56 Å². The molecule has 0 saturated carbocycles. The van der Waals surface area contributed by atoms with Gasteiger partial charge in [0.2, 0.25) is 5.91 Å². The number of hydroxylamine groups is 2. The second kappa shape index (κ2) is 4.32. The molecule has 0 aromatic heterocycles. The van der Waals surface area contributed by atoms with Crippen LogP contribution in [-0.4, -0.2) is 34.7 Å². The lowest BCUT2D eigenvalue weighted by molar-refractivity contribution is -0.191. The lowest BCUT2D eigenvalue weighted by atomic mass is 10.1. The zero-order chi connectivity index (χ0) is 11.5. The van der Waals surface area contributed by atoms with Gasteiger partial charge >= 0.3 is 0 Å². The lowest BCUT2D eigenvalue weighted by Crippen LogP contribution is -2.62. The van der Waals surface area contributed by atoms with E-state index in [2.05, 4.69) is 5.32 Å². The Morgan fingerprint density at radius 2 is 2.12 bits per heavy atom. The van der Waals surface area contributed by atoms with Crippen molar-refractivity contribution in [1.29, 1.82) is 0 Å². The molecular weight excluding hydrogens is 208 g/mol. The largest absolute Gasteiger partial charge is 0.342 e. The van der Waals surface area contributed by atoms with Gasteiger partial charge in [-0.15, -0.1) is 0 Å². The highest BCUT2D eigenvalue weighted by Gasteiger charge is 2.36. The summed E-state index contributed by atoms with van der Waals surface area (Å²) in [6.07, 6.45) is 0.246. The molecule has 1 aliphatic rings. The summed E-state index contributed by atoms with van der Waals surface area (Å²) in [6.45, 7) is 0.166. The van der Waals surface area contributed by atoms with Crippen LogP contribution in [0.4, 0.5) is 0 Å². The van der Waals surface area contributed by atoms with Crippen molar-refractivity contribution in [3.63, 3.8) is 0 Å². The molecule has 1 aliphatic heterocycles. The van der Waals surface area contributed by atoms with Crippen molar-refractivity contribution in [2.75, 3.05) is 6.54 Å². The van der Waals surface area contributed by atoms with Crippen molar-refractivity contribution in [1.82, 2.24) is 10.4 Å². The Morgan fingerprint density at radius 3 is 2.69 bits per heavy atom. The molecule has 0 aliphatic carbocycles. The number of benzene rings is 1. The number of hydrogen-bond donors (Lipinski definition) is 2. The third kappa shape index (κ3) is 2.20. The van der Waals surface area contributed by atoms with Gasteiger partial charge in [0, 0.05) is 0 Å². The number of nitrogens with zero attached hydrogens (tertiary/aromatic N) is 1. The molecule has 1 aromatic carbocycles. The zero-order valence-electron chi connectivity index (χ0n) is 8.59. The highest BCUT2D eigenvalue weighted by molar-refractivity contribution is 5.91. The molecule has 1 heterocycles. The Hall–Kier alpha value is -1.88. The van der Waals surface area contributed by atoms with Gasteiger partial charge in [0.25, 0.3) is 5.91 Å². The first-order valence-electron chi connectivity index (χ1n) is 5.00. The molecule has 84 valence electrons. The molecule has 1 aromatic rings. The molecule has 2 N–H and O–H groups in total. The van der Waals surface area contributed by atoms with Gasteiger partial charge in [-0.1, -0.05) is 30.3 Å². The van der Waals surface area contributed by atoms with Gasteiger partial charge < -0.3 is 5.32 Å². The fourth-order valence-corrected chi connectivity index (χ4v) is 1.54. The van der Waals surface area contributed by atoms with Crippen molar-refractivity contribution in [3.8, 4) is 0 Å². The van der Waals surface area contributed by atoms with Crippen LogP contribution in [0.1, 0.15) is 5.56 Å². The average molecular weight is 220 g/mol. The Kier molecular flexibility index (Phi) is 2.87. The Labute approximate surface area is 92.6 Å². The third-order valence-corrected chi connectivity index (χ3v) is 2.45. The van der Waals surface area contributed by atoms with E-state index >= 15 is 0 Å². The highest BCUT2D eigenvalue weighted by atomic mass is 16.5. The van der Waals surface area contributed by atoms with Gasteiger partial charge in [0.15, 0.2) is 0 Å². The SMILES string of the molecule is O=C(Cc1ccccc1)NC1CN(O)C1=O. The smallest absolute Gasteiger partial charge is 0.270 e. The molecular formula is C11H12N2O3. The number of hydrogen-bond acceptors (Lipinski definition) is 3. The van der Waals surface area contributed by atoms with Crippen LogP contribution in [0.3, 0.4) is 0 Å². The van der Waals surface area contributed by atoms with Crippen molar-refractivity contribution < 1.29 is 14.8 Å². The monoisotopic (exact) mass is 220 g/mol. The summed E-state index contributed by atoms with van der Waals surface area (Å²) in [5.41, 5.74) is 0.896. The molecule has 1 atom stereocenters. The van der Waals surface area contributed by atoms with Crippen molar-refractivity contribution in [3.05, 3.63) is 35.9 Å². The zero-order valence-corrected chi connectivity index (χ0v) is 8.59. The predicted molar refractivity (Wildman–Crippen MR) is 55.6 cm³/mol. The van der Waals surface area contributed by atoms with Crippen LogP contribution in [0.15, 0.2) is 30.3 Å². The quantitative estimate of drug-likeness (QED) is 0.554. The minimum atomic E-state index is -0.568. The van der Waals surface area contributed by atoms with Gasteiger partial charge in [-0.3, -0.25) is 14.8 Å². The van der Waals surface area contributed by atoms with E-state index in [1.54, 1.807) is 0 Å². The number of amides is 2. The Bertz CT molecular complexity index is 405. The summed E-state index contributed by atoms with van der Waals surface area (Å²) < 4.78 is 0. The van der Waals surface area contributed by atoms with Crippen LogP contribution in [-0.2, 0) is 16.0 Å². The van der Waals surface area contributed by atoms with E-state index in [0.717, 1.165) is 5.56 Å². The maximum atomic E-state index is 11.5. The third-order valence-electron chi connectivity index (χ3n) is 2.45. The first-order chi connectivity index (χ1) is 7.66. The summed E-state index contributed by atoms with van der Waals surface area (Å²) in [4.78, 5) is 22.5. The summed E-state index contributed by atoms with van der Waals surface area (Å²) in [7, 11) is 0. The van der Waals surface area contributed by atoms with E-state index in [1.807, 2.05) is 30.3 Å². The molecule has 0 spiro atoms. The molecule has 1 saturated heterocycles. The summed E-state index contributed by atoms with van der Waals surface area (Å²) in [5.74, 6) is -0.668. The molecule has 5 nitrogen and oxygen atoms in total. The van der Waals surface area contributed by atoms with Crippen LogP contribution in [0.5, 0.6) is 0 Å². The first-order valence-corrected chi connectivity index (χ1v) is 5.00.